The van der Waals surface area contributed by atoms with Crippen LogP contribution in [0.2, 0.25) is 0 Å². The molecule has 2 aliphatic rings. The van der Waals surface area contributed by atoms with Crippen molar-refractivity contribution in [1.82, 2.24) is 5.32 Å². The first-order valence-corrected chi connectivity index (χ1v) is 12.0. The molecule has 34 heavy (non-hydrogen) atoms. The van der Waals surface area contributed by atoms with Gasteiger partial charge in [-0.3, -0.25) is 0 Å². The van der Waals surface area contributed by atoms with E-state index in [1.54, 1.807) is 7.11 Å². The number of amides is 1. The normalized spacial score (nSPS) is 18.1. The summed E-state index contributed by atoms with van der Waals surface area (Å²) in [6.45, 7) is 3.71. The van der Waals surface area contributed by atoms with Crippen LogP contribution in [0.1, 0.15) is 44.6 Å². The van der Waals surface area contributed by atoms with Crippen molar-refractivity contribution >= 4 is 11.8 Å². The fourth-order valence-electron chi connectivity index (χ4n) is 4.18. The molecule has 0 saturated carbocycles. The standard InChI is InChI=1S/C16H17NO2.C12H19NO2/c1-18-13-6-8-14(9-7-13)19-15-5-4-12-3-2-10-17-16(12)11-15;1-2-3-7-12(10-13-11(14)15)8-5-4-6-9-12/h4-9,11,17H,2-3,10H2,1H3;4-6,8,13H,2-3,7,9-10H2,1H3,(H,14,15). The van der Waals surface area contributed by atoms with Crippen LogP contribution in [0.3, 0.4) is 0 Å². The minimum absolute atomic E-state index is 0.00313. The Hall–Kier alpha value is -3.41. The van der Waals surface area contributed by atoms with Crippen LogP contribution in [-0.4, -0.2) is 31.4 Å². The number of ether oxygens (including phenoxy) is 2. The van der Waals surface area contributed by atoms with Crippen LogP contribution in [0.4, 0.5) is 10.5 Å². The van der Waals surface area contributed by atoms with Gasteiger partial charge >= 0.3 is 6.09 Å². The van der Waals surface area contributed by atoms with E-state index >= 15 is 0 Å². The van der Waals surface area contributed by atoms with E-state index in [4.69, 9.17) is 14.6 Å². The number of hydrogen-bond donors (Lipinski definition) is 3. The molecule has 2 aromatic carbocycles. The van der Waals surface area contributed by atoms with E-state index in [9.17, 15) is 4.79 Å². The molecule has 1 aliphatic heterocycles. The maximum Gasteiger partial charge on any atom is 0.404 e. The second-order valence-electron chi connectivity index (χ2n) is 8.74. The summed E-state index contributed by atoms with van der Waals surface area (Å²) >= 11 is 0. The van der Waals surface area contributed by atoms with E-state index in [1.165, 1.54) is 17.7 Å². The van der Waals surface area contributed by atoms with Crippen LogP contribution in [0.25, 0.3) is 0 Å². The highest BCUT2D eigenvalue weighted by atomic mass is 16.5. The fourth-order valence-corrected chi connectivity index (χ4v) is 4.18. The van der Waals surface area contributed by atoms with Gasteiger partial charge in [-0.25, -0.2) is 4.79 Å². The van der Waals surface area contributed by atoms with Gasteiger partial charge in [0.1, 0.15) is 17.2 Å². The van der Waals surface area contributed by atoms with Gasteiger partial charge in [0.25, 0.3) is 0 Å². The maximum absolute atomic E-state index is 10.5. The molecule has 6 heteroatoms. The van der Waals surface area contributed by atoms with Gasteiger partial charge in [-0.05, 0) is 61.6 Å². The molecular formula is C28H36N2O4. The lowest BCUT2D eigenvalue weighted by Crippen LogP contribution is -2.36. The number of rotatable bonds is 8. The monoisotopic (exact) mass is 464 g/mol. The molecule has 0 radical (unpaired) electrons. The first-order valence-electron chi connectivity index (χ1n) is 12.0. The summed E-state index contributed by atoms with van der Waals surface area (Å²) in [6, 6.07) is 13.8. The van der Waals surface area contributed by atoms with Gasteiger partial charge in [-0.2, -0.15) is 0 Å². The lowest BCUT2D eigenvalue weighted by Gasteiger charge is -2.31. The average Bonchev–Trinajstić information content (AvgIpc) is 2.88. The zero-order chi connectivity index (χ0) is 24.2. The third-order valence-electron chi connectivity index (χ3n) is 6.16. The minimum atomic E-state index is -0.936. The van der Waals surface area contributed by atoms with Gasteiger partial charge in [0.05, 0.1) is 7.11 Å². The second kappa shape index (κ2) is 12.7. The summed E-state index contributed by atoms with van der Waals surface area (Å²) in [7, 11) is 1.66. The number of unbranched alkanes of at least 4 members (excludes halogenated alkanes) is 1. The van der Waals surface area contributed by atoms with Gasteiger partial charge in [-0.1, -0.05) is 50.1 Å². The highest BCUT2D eigenvalue weighted by molar-refractivity contribution is 5.64. The highest BCUT2D eigenvalue weighted by Crippen LogP contribution is 2.33. The lowest BCUT2D eigenvalue weighted by molar-refractivity contribution is 0.187. The van der Waals surface area contributed by atoms with Crippen LogP contribution < -0.4 is 20.1 Å². The third kappa shape index (κ3) is 7.58. The van der Waals surface area contributed by atoms with Gasteiger partial charge < -0.3 is 25.2 Å². The molecule has 1 heterocycles. The molecule has 1 aliphatic carbocycles. The molecule has 0 saturated heterocycles. The van der Waals surface area contributed by atoms with E-state index in [0.717, 1.165) is 55.9 Å². The minimum Gasteiger partial charge on any atom is -0.497 e. The van der Waals surface area contributed by atoms with Gasteiger partial charge in [-0.15, -0.1) is 0 Å². The van der Waals surface area contributed by atoms with Crippen LogP contribution in [-0.2, 0) is 6.42 Å². The Kier molecular flexibility index (Phi) is 9.44. The molecule has 2 aromatic rings. The molecule has 6 nitrogen and oxygen atoms in total. The number of nitrogens with one attached hydrogen (secondary N) is 2. The van der Waals surface area contributed by atoms with Crippen molar-refractivity contribution in [1.29, 1.82) is 0 Å². The molecule has 3 N–H and O–H groups in total. The summed E-state index contributed by atoms with van der Waals surface area (Å²) in [5.74, 6) is 2.51. The van der Waals surface area contributed by atoms with Crippen molar-refractivity contribution in [3.63, 3.8) is 0 Å². The zero-order valence-corrected chi connectivity index (χ0v) is 20.2. The van der Waals surface area contributed by atoms with Crippen molar-refractivity contribution in [3.8, 4) is 17.2 Å². The highest BCUT2D eigenvalue weighted by Gasteiger charge is 2.26. The number of carbonyl (C=O) groups is 1. The molecular weight excluding hydrogens is 428 g/mol. The van der Waals surface area contributed by atoms with E-state index in [0.29, 0.717) is 6.54 Å². The molecule has 182 valence electrons. The molecule has 0 bridgehead atoms. The van der Waals surface area contributed by atoms with Gasteiger partial charge in [0, 0.05) is 30.3 Å². The molecule has 1 amide bonds. The topological polar surface area (TPSA) is 79.8 Å². The van der Waals surface area contributed by atoms with Crippen LogP contribution in [0.15, 0.2) is 66.8 Å². The summed E-state index contributed by atoms with van der Waals surface area (Å²) in [6.07, 6.45) is 14.0. The Morgan fingerprint density at radius 3 is 2.56 bits per heavy atom. The van der Waals surface area contributed by atoms with Crippen LogP contribution in [0, 0.1) is 5.41 Å². The molecule has 0 fully saturated rings. The smallest absolute Gasteiger partial charge is 0.404 e. The Morgan fingerprint density at radius 2 is 1.88 bits per heavy atom. The Labute approximate surface area is 202 Å². The molecule has 4 rings (SSSR count). The van der Waals surface area contributed by atoms with E-state index in [2.05, 4.69) is 41.8 Å². The van der Waals surface area contributed by atoms with Crippen molar-refractivity contribution in [2.75, 3.05) is 25.5 Å². The number of fused-ring (bicyclic) bond motifs is 1. The van der Waals surface area contributed by atoms with Crippen LogP contribution >= 0.6 is 0 Å². The quantitative estimate of drug-likeness (QED) is 0.401. The Balaban J connectivity index is 0.000000197. The number of hydrogen-bond acceptors (Lipinski definition) is 4. The van der Waals surface area contributed by atoms with Crippen molar-refractivity contribution < 1.29 is 19.4 Å². The van der Waals surface area contributed by atoms with Crippen molar-refractivity contribution in [3.05, 3.63) is 72.3 Å². The first-order chi connectivity index (χ1) is 16.5. The van der Waals surface area contributed by atoms with E-state index in [-0.39, 0.29) is 5.41 Å². The maximum atomic E-state index is 10.5. The van der Waals surface area contributed by atoms with E-state index < -0.39 is 6.09 Å². The number of aryl methyl sites for hydroxylation is 1. The zero-order valence-electron chi connectivity index (χ0n) is 20.2. The van der Waals surface area contributed by atoms with E-state index in [1.807, 2.05) is 42.5 Å². The second-order valence-corrected chi connectivity index (χ2v) is 8.74. The molecule has 0 aromatic heterocycles. The third-order valence-corrected chi connectivity index (χ3v) is 6.16. The Bertz CT molecular complexity index is 984. The predicted molar refractivity (Wildman–Crippen MR) is 137 cm³/mol. The van der Waals surface area contributed by atoms with Gasteiger partial charge in [0.15, 0.2) is 0 Å². The number of carboxylic acid groups (broad SMARTS) is 1. The predicted octanol–water partition coefficient (Wildman–Crippen LogP) is 6.79. The molecule has 1 unspecified atom stereocenters. The number of allylic oxidation sites excluding steroid dienone is 3. The average molecular weight is 465 g/mol. The van der Waals surface area contributed by atoms with Crippen LogP contribution in [0.5, 0.6) is 17.2 Å². The summed E-state index contributed by atoms with van der Waals surface area (Å²) in [5, 5.41) is 14.5. The molecule has 0 spiro atoms. The summed E-state index contributed by atoms with van der Waals surface area (Å²) in [4.78, 5) is 10.5. The number of methoxy groups -OCH3 is 1. The SMILES string of the molecule is CCCCC1(CNC(=O)O)C=CC=CC1.COc1ccc(Oc2ccc3c(c2)NCCC3)cc1. The molecule has 1 atom stereocenters. The summed E-state index contributed by atoms with van der Waals surface area (Å²) in [5.41, 5.74) is 2.56. The first kappa shape index (κ1) is 25.2. The number of anilines is 1. The lowest BCUT2D eigenvalue weighted by atomic mass is 9.77. The fraction of sp³-hybridized carbons (Fsp3) is 0.393. The van der Waals surface area contributed by atoms with Crippen molar-refractivity contribution in [2.45, 2.75) is 45.4 Å². The Morgan fingerprint density at radius 1 is 1.12 bits per heavy atom. The number of benzene rings is 2. The summed E-state index contributed by atoms with van der Waals surface area (Å²) < 4.78 is 11.0. The largest absolute Gasteiger partial charge is 0.497 e. The van der Waals surface area contributed by atoms with Gasteiger partial charge in [0.2, 0.25) is 0 Å². The van der Waals surface area contributed by atoms with Crippen molar-refractivity contribution in [2.24, 2.45) is 5.41 Å².